The first-order chi connectivity index (χ1) is 18.5. The lowest BCUT2D eigenvalue weighted by Crippen LogP contribution is -2.29. The molecule has 0 spiro atoms. The zero-order valence-corrected chi connectivity index (χ0v) is 23.1. The number of carbonyl (C=O) groups is 2. The Kier molecular flexibility index (Phi) is 6.62. The van der Waals surface area contributed by atoms with Crippen molar-refractivity contribution in [2.24, 2.45) is 0 Å². The molecular weight excluding hydrogens is 494 g/mol. The van der Waals surface area contributed by atoms with E-state index in [4.69, 9.17) is 14.2 Å². The fourth-order valence-electron chi connectivity index (χ4n) is 4.95. The summed E-state index contributed by atoms with van der Waals surface area (Å²) in [4.78, 5) is 28.5. The second kappa shape index (κ2) is 9.80. The Bertz CT molecular complexity index is 1480. The number of fused-ring (bicyclic) bond motifs is 1. The summed E-state index contributed by atoms with van der Waals surface area (Å²) in [5, 5.41) is 11.5. The summed E-state index contributed by atoms with van der Waals surface area (Å²) in [5.74, 6) is 0.0394. The minimum absolute atomic E-state index is 0.00811. The van der Waals surface area contributed by atoms with E-state index < -0.39 is 17.7 Å². The van der Waals surface area contributed by atoms with E-state index in [1.165, 1.54) is 4.90 Å². The molecule has 1 amide bonds. The fourth-order valence-corrected chi connectivity index (χ4v) is 4.95. The van der Waals surface area contributed by atoms with Crippen LogP contribution in [0.1, 0.15) is 62.9 Å². The third kappa shape index (κ3) is 4.85. The van der Waals surface area contributed by atoms with Crippen LogP contribution < -0.4 is 19.1 Å². The van der Waals surface area contributed by atoms with Gasteiger partial charge in [-0.3, -0.25) is 14.5 Å². The van der Waals surface area contributed by atoms with Gasteiger partial charge in [-0.1, -0.05) is 45.0 Å². The van der Waals surface area contributed by atoms with Gasteiger partial charge in [-0.25, -0.2) is 0 Å². The topological polar surface area (TPSA) is 85.3 Å². The summed E-state index contributed by atoms with van der Waals surface area (Å²) >= 11 is 0. The van der Waals surface area contributed by atoms with Crippen molar-refractivity contribution in [3.8, 4) is 17.2 Å². The zero-order valence-electron chi connectivity index (χ0n) is 23.1. The molecule has 1 saturated heterocycles. The van der Waals surface area contributed by atoms with Crippen molar-refractivity contribution in [2.75, 3.05) is 11.7 Å². The normalized spacial score (nSPS) is 18.2. The molecule has 5 rings (SSSR count). The summed E-state index contributed by atoms with van der Waals surface area (Å²) in [5.41, 5.74) is 3.49. The first kappa shape index (κ1) is 26.4. The van der Waals surface area contributed by atoms with Gasteiger partial charge in [-0.2, -0.15) is 0 Å². The van der Waals surface area contributed by atoms with Gasteiger partial charge in [0.1, 0.15) is 11.5 Å². The average Bonchev–Trinajstić information content (AvgIpc) is 3.46. The van der Waals surface area contributed by atoms with Crippen LogP contribution in [0.2, 0.25) is 0 Å². The number of nitrogens with zero attached hydrogens (tertiary/aromatic N) is 1. The summed E-state index contributed by atoms with van der Waals surface area (Å²) in [6.07, 6.45) is -0.00811. The van der Waals surface area contributed by atoms with Crippen LogP contribution in [0, 0.1) is 6.92 Å². The number of ketones is 1. The summed E-state index contributed by atoms with van der Waals surface area (Å²) in [6, 6.07) is 17.3. The lowest BCUT2D eigenvalue weighted by molar-refractivity contribution is -0.132. The van der Waals surface area contributed by atoms with E-state index in [-0.39, 0.29) is 29.6 Å². The third-order valence-corrected chi connectivity index (χ3v) is 6.98. The Morgan fingerprint density at radius 2 is 1.67 bits per heavy atom. The van der Waals surface area contributed by atoms with Gasteiger partial charge >= 0.3 is 0 Å². The first-order valence-electron chi connectivity index (χ1n) is 13.0. The Balaban J connectivity index is 1.66. The van der Waals surface area contributed by atoms with Crippen molar-refractivity contribution in [3.63, 3.8) is 0 Å². The highest BCUT2D eigenvalue weighted by molar-refractivity contribution is 6.51. The van der Waals surface area contributed by atoms with E-state index in [0.29, 0.717) is 34.1 Å². The smallest absolute Gasteiger partial charge is 0.300 e. The number of rotatable bonds is 5. The first-order valence-corrected chi connectivity index (χ1v) is 13.0. The van der Waals surface area contributed by atoms with Crippen molar-refractivity contribution < 1.29 is 28.9 Å². The molecule has 0 aromatic heterocycles. The molecule has 2 heterocycles. The van der Waals surface area contributed by atoms with E-state index in [1.54, 1.807) is 36.4 Å². The van der Waals surface area contributed by atoms with Gasteiger partial charge in [0.2, 0.25) is 6.79 Å². The van der Waals surface area contributed by atoms with Gasteiger partial charge in [0, 0.05) is 17.3 Å². The van der Waals surface area contributed by atoms with Crippen molar-refractivity contribution in [2.45, 2.75) is 59.1 Å². The van der Waals surface area contributed by atoms with Crippen molar-refractivity contribution in [1.29, 1.82) is 0 Å². The van der Waals surface area contributed by atoms with Gasteiger partial charge in [0.25, 0.3) is 11.7 Å². The number of aryl methyl sites for hydroxylation is 1. The van der Waals surface area contributed by atoms with E-state index in [0.717, 1.165) is 11.1 Å². The highest BCUT2D eigenvalue weighted by Crippen LogP contribution is 2.45. The molecule has 3 aromatic rings. The molecule has 3 aromatic carbocycles. The molecule has 1 fully saturated rings. The standard InChI is InChI=1S/C32H33NO6/c1-18(2)39-24-13-9-21(15-19(24)3)29(34)27-28(20-7-10-22(11-8-20)32(4,5)6)33(31(36)30(27)35)23-12-14-25-26(16-23)38-17-37-25/h7-16,18,28,34H,17H2,1-6H3/b29-27+. The van der Waals surface area contributed by atoms with Crippen LogP contribution in [0.3, 0.4) is 0 Å². The molecule has 7 nitrogen and oxygen atoms in total. The van der Waals surface area contributed by atoms with E-state index in [2.05, 4.69) is 20.8 Å². The minimum Gasteiger partial charge on any atom is -0.507 e. The fraction of sp³-hybridized carbons (Fsp3) is 0.312. The predicted molar refractivity (Wildman–Crippen MR) is 149 cm³/mol. The third-order valence-electron chi connectivity index (χ3n) is 6.98. The molecule has 0 saturated carbocycles. The Morgan fingerprint density at radius 1 is 0.974 bits per heavy atom. The quantitative estimate of drug-likeness (QED) is 0.234. The van der Waals surface area contributed by atoms with E-state index in [1.807, 2.05) is 45.0 Å². The van der Waals surface area contributed by atoms with E-state index in [9.17, 15) is 14.7 Å². The number of aliphatic hydroxyl groups excluding tert-OH is 1. The number of amides is 1. The van der Waals surface area contributed by atoms with Crippen LogP contribution in [0.25, 0.3) is 5.76 Å². The number of carbonyl (C=O) groups excluding carboxylic acids is 2. The Labute approximate surface area is 228 Å². The number of ether oxygens (including phenoxy) is 3. The number of benzene rings is 3. The Morgan fingerprint density at radius 3 is 2.31 bits per heavy atom. The molecule has 2 aliphatic heterocycles. The Hall–Kier alpha value is -4.26. The maximum Gasteiger partial charge on any atom is 0.300 e. The molecule has 7 heteroatoms. The largest absolute Gasteiger partial charge is 0.507 e. The molecule has 0 aliphatic carbocycles. The molecule has 0 radical (unpaired) electrons. The van der Waals surface area contributed by atoms with Gasteiger partial charge in [0.05, 0.1) is 17.7 Å². The molecule has 0 bridgehead atoms. The van der Waals surface area contributed by atoms with Crippen LogP contribution in [0.4, 0.5) is 5.69 Å². The average molecular weight is 528 g/mol. The molecule has 1 unspecified atom stereocenters. The van der Waals surface area contributed by atoms with Crippen LogP contribution in [-0.2, 0) is 15.0 Å². The van der Waals surface area contributed by atoms with Crippen LogP contribution in [0.5, 0.6) is 17.2 Å². The van der Waals surface area contributed by atoms with Crippen molar-refractivity contribution in [3.05, 3.63) is 88.5 Å². The number of hydrogen-bond acceptors (Lipinski definition) is 6. The number of Topliss-reactive ketones (excluding diaryl/α,β-unsaturated/α-hetero) is 1. The van der Waals surface area contributed by atoms with Gasteiger partial charge in [-0.05, 0) is 73.2 Å². The minimum atomic E-state index is -0.841. The van der Waals surface area contributed by atoms with Crippen LogP contribution in [-0.4, -0.2) is 29.7 Å². The molecule has 202 valence electrons. The van der Waals surface area contributed by atoms with Crippen LogP contribution in [0.15, 0.2) is 66.2 Å². The highest BCUT2D eigenvalue weighted by atomic mass is 16.7. The molecule has 1 N–H and O–H groups in total. The van der Waals surface area contributed by atoms with Gasteiger partial charge in [0.15, 0.2) is 11.5 Å². The molecule has 2 aliphatic rings. The van der Waals surface area contributed by atoms with Gasteiger partial charge in [-0.15, -0.1) is 0 Å². The summed E-state index contributed by atoms with van der Waals surface area (Å²) < 4.78 is 16.8. The number of anilines is 1. The summed E-state index contributed by atoms with van der Waals surface area (Å²) in [7, 11) is 0. The monoisotopic (exact) mass is 527 g/mol. The van der Waals surface area contributed by atoms with E-state index >= 15 is 0 Å². The molecular formula is C32H33NO6. The number of hydrogen-bond donors (Lipinski definition) is 1. The predicted octanol–water partition coefficient (Wildman–Crippen LogP) is 6.43. The lowest BCUT2D eigenvalue weighted by atomic mass is 9.85. The van der Waals surface area contributed by atoms with Crippen LogP contribution >= 0.6 is 0 Å². The second-order valence-corrected chi connectivity index (χ2v) is 11.2. The maximum absolute atomic E-state index is 13.6. The van der Waals surface area contributed by atoms with Crippen molar-refractivity contribution in [1.82, 2.24) is 0 Å². The van der Waals surface area contributed by atoms with Crippen molar-refractivity contribution >= 4 is 23.1 Å². The summed E-state index contributed by atoms with van der Waals surface area (Å²) in [6.45, 7) is 12.2. The molecule has 1 atom stereocenters. The second-order valence-electron chi connectivity index (χ2n) is 11.2. The number of aliphatic hydroxyl groups is 1. The SMILES string of the molecule is Cc1cc(/C(O)=C2\C(=O)C(=O)N(c3ccc4c(c3)OCO4)C2c2ccc(C(C)(C)C)cc2)ccc1OC(C)C. The van der Waals surface area contributed by atoms with Gasteiger partial charge < -0.3 is 19.3 Å². The lowest BCUT2D eigenvalue weighted by Gasteiger charge is -2.27. The zero-order chi connectivity index (χ0) is 28.1. The molecule has 39 heavy (non-hydrogen) atoms. The maximum atomic E-state index is 13.6. The highest BCUT2D eigenvalue weighted by Gasteiger charge is 2.47.